The molecule has 4 atom stereocenters. The number of carbonyl (C=O) groups is 1. The number of rotatable bonds is 6. The molecule has 2 heterocycles. The second-order valence-electron chi connectivity index (χ2n) is 9.39. The minimum Gasteiger partial charge on any atom is -0.497 e. The molecule has 0 saturated heterocycles. The number of anilines is 1. The van der Waals surface area contributed by atoms with Gasteiger partial charge < -0.3 is 19.5 Å². The highest BCUT2D eigenvalue weighted by atomic mass is 16.5. The van der Waals surface area contributed by atoms with Crippen molar-refractivity contribution in [3.8, 4) is 11.5 Å². The lowest BCUT2D eigenvalue weighted by Crippen LogP contribution is -2.38. The zero-order chi connectivity index (χ0) is 23.7. The highest BCUT2D eigenvalue weighted by Crippen LogP contribution is 2.42. The number of allylic oxidation sites excluding steroid dienone is 1. The summed E-state index contributed by atoms with van der Waals surface area (Å²) >= 11 is 0. The molecule has 178 valence electrons. The Kier molecular flexibility index (Phi) is 6.58. The third-order valence-corrected chi connectivity index (χ3v) is 6.89. The van der Waals surface area contributed by atoms with Gasteiger partial charge in [0.1, 0.15) is 23.6 Å². The SMILES string of the molecule is COc1ccc(OC)c([C@@H]2C(C(=O)O[C@@H]3C[C@@H](C)CC[C@H]3C(C)C)=C(C)Nc3nnnn32)c1. The van der Waals surface area contributed by atoms with E-state index < -0.39 is 6.04 Å². The normalized spacial score (nSPS) is 24.8. The summed E-state index contributed by atoms with van der Waals surface area (Å²) in [5.41, 5.74) is 1.83. The van der Waals surface area contributed by atoms with Crippen LogP contribution in [0.4, 0.5) is 5.95 Å². The number of ether oxygens (including phenoxy) is 3. The molecule has 1 aliphatic carbocycles. The van der Waals surface area contributed by atoms with Gasteiger partial charge >= 0.3 is 5.97 Å². The lowest BCUT2D eigenvalue weighted by atomic mass is 9.75. The van der Waals surface area contributed by atoms with Crippen LogP contribution in [0.2, 0.25) is 0 Å². The van der Waals surface area contributed by atoms with E-state index in [0.29, 0.717) is 46.5 Å². The second kappa shape index (κ2) is 9.41. The zero-order valence-electron chi connectivity index (χ0n) is 20.2. The van der Waals surface area contributed by atoms with Gasteiger partial charge in [-0.2, -0.15) is 4.68 Å². The molecular formula is C24H33N5O4. The Hall–Kier alpha value is -3.10. The molecule has 33 heavy (non-hydrogen) atoms. The Morgan fingerprint density at radius 2 is 2.00 bits per heavy atom. The first-order valence-electron chi connectivity index (χ1n) is 11.5. The van der Waals surface area contributed by atoms with Crippen LogP contribution in [0.1, 0.15) is 58.6 Å². The molecule has 9 nitrogen and oxygen atoms in total. The van der Waals surface area contributed by atoms with Gasteiger partial charge in [-0.1, -0.05) is 32.3 Å². The smallest absolute Gasteiger partial charge is 0.338 e. The van der Waals surface area contributed by atoms with E-state index in [0.717, 1.165) is 24.8 Å². The number of hydrogen-bond donors (Lipinski definition) is 1. The first kappa shape index (κ1) is 23.1. The molecule has 9 heteroatoms. The van der Waals surface area contributed by atoms with E-state index in [-0.39, 0.29) is 12.1 Å². The molecule has 4 rings (SSSR count). The van der Waals surface area contributed by atoms with Crippen molar-refractivity contribution in [3.05, 3.63) is 35.0 Å². The number of hydrogen-bond acceptors (Lipinski definition) is 8. The van der Waals surface area contributed by atoms with Crippen LogP contribution in [0.3, 0.4) is 0 Å². The monoisotopic (exact) mass is 455 g/mol. The first-order valence-corrected chi connectivity index (χ1v) is 11.5. The highest BCUT2D eigenvalue weighted by Gasteiger charge is 2.40. The number of nitrogens with one attached hydrogen (secondary N) is 1. The van der Waals surface area contributed by atoms with Gasteiger partial charge in [-0.25, -0.2) is 4.79 Å². The molecule has 1 fully saturated rings. The van der Waals surface area contributed by atoms with E-state index in [1.807, 2.05) is 25.1 Å². The standard InChI is InChI=1S/C24H33N5O4/c1-13(2)17-9-7-14(3)11-20(17)33-23(30)21-15(4)25-24-26-27-28-29(24)22(21)18-12-16(31-5)8-10-19(18)32-6/h8,10,12-14,17,20,22H,7,9,11H2,1-6H3,(H,25,26,28)/t14-,17-,20+,22+/m0/s1. The predicted octanol–water partition coefficient (Wildman–Crippen LogP) is 3.98. The molecule has 0 radical (unpaired) electrons. The molecule has 1 N–H and O–H groups in total. The molecule has 1 aliphatic heterocycles. The maximum absolute atomic E-state index is 13.7. The maximum Gasteiger partial charge on any atom is 0.338 e. The topological polar surface area (TPSA) is 100 Å². The lowest BCUT2D eigenvalue weighted by Gasteiger charge is -2.37. The van der Waals surface area contributed by atoms with Crippen LogP contribution >= 0.6 is 0 Å². The quantitative estimate of drug-likeness (QED) is 0.653. The summed E-state index contributed by atoms with van der Waals surface area (Å²) in [5, 5.41) is 15.2. The van der Waals surface area contributed by atoms with E-state index in [9.17, 15) is 4.79 Å². The van der Waals surface area contributed by atoms with Crippen molar-refractivity contribution in [2.24, 2.45) is 17.8 Å². The summed E-state index contributed by atoms with van der Waals surface area (Å²) in [6.07, 6.45) is 2.98. The van der Waals surface area contributed by atoms with E-state index in [1.165, 1.54) is 0 Å². The molecule has 1 aromatic carbocycles. The van der Waals surface area contributed by atoms with Crippen molar-refractivity contribution in [3.63, 3.8) is 0 Å². The second-order valence-corrected chi connectivity index (χ2v) is 9.39. The van der Waals surface area contributed by atoms with Crippen LogP contribution in [0, 0.1) is 17.8 Å². The lowest BCUT2D eigenvalue weighted by molar-refractivity contribution is -0.151. The van der Waals surface area contributed by atoms with Crippen LogP contribution in [0.25, 0.3) is 0 Å². The van der Waals surface area contributed by atoms with E-state index in [4.69, 9.17) is 14.2 Å². The summed E-state index contributed by atoms with van der Waals surface area (Å²) in [5.74, 6) is 2.65. The van der Waals surface area contributed by atoms with Crippen LogP contribution in [0.15, 0.2) is 29.5 Å². The van der Waals surface area contributed by atoms with Crippen LogP contribution in [-0.2, 0) is 9.53 Å². The van der Waals surface area contributed by atoms with Crippen molar-refractivity contribution in [1.29, 1.82) is 0 Å². The number of aromatic nitrogens is 4. The number of nitrogens with zero attached hydrogens (tertiary/aromatic N) is 4. The summed E-state index contributed by atoms with van der Waals surface area (Å²) in [6, 6.07) is 4.86. The van der Waals surface area contributed by atoms with Crippen LogP contribution in [0.5, 0.6) is 11.5 Å². The van der Waals surface area contributed by atoms with Gasteiger partial charge in [0.25, 0.3) is 0 Å². The van der Waals surface area contributed by atoms with Gasteiger partial charge in [-0.3, -0.25) is 0 Å². The Labute approximate surface area is 194 Å². The Morgan fingerprint density at radius 1 is 1.21 bits per heavy atom. The van der Waals surface area contributed by atoms with Crippen molar-refractivity contribution < 1.29 is 19.0 Å². The van der Waals surface area contributed by atoms with Crippen molar-refractivity contribution in [2.45, 2.75) is 59.1 Å². The molecule has 1 saturated carbocycles. The van der Waals surface area contributed by atoms with Gasteiger partial charge in [-0.15, -0.1) is 0 Å². The molecule has 0 bridgehead atoms. The number of methoxy groups -OCH3 is 2. The van der Waals surface area contributed by atoms with Gasteiger partial charge in [0.15, 0.2) is 0 Å². The largest absolute Gasteiger partial charge is 0.497 e. The zero-order valence-corrected chi connectivity index (χ0v) is 20.2. The number of tetrazole rings is 1. The third kappa shape index (κ3) is 4.41. The third-order valence-electron chi connectivity index (χ3n) is 6.89. The molecule has 2 aromatic rings. The average molecular weight is 456 g/mol. The summed E-state index contributed by atoms with van der Waals surface area (Å²) in [6.45, 7) is 8.47. The van der Waals surface area contributed by atoms with Crippen molar-refractivity contribution >= 4 is 11.9 Å². The van der Waals surface area contributed by atoms with Gasteiger partial charge in [0, 0.05) is 11.3 Å². The number of fused-ring (bicyclic) bond motifs is 1. The van der Waals surface area contributed by atoms with E-state index in [1.54, 1.807) is 18.9 Å². The number of esters is 1. The molecular weight excluding hydrogens is 422 g/mol. The van der Waals surface area contributed by atoms with Crippen molar-refractivity contribution in [1.82, 2.24) is 20.2 Å². The van der Waals surface area contributed by atoms with Gasteiger partial charge in [-0.05, 0) is 66.1 Å². The number of carbonyl (C=O) groups excluding carboxylic acids is 1. The maximum atomic E-state index is 13.7. The van der Waals surface area contributed by atoms with Crippen LogP contribution < -0.4 is 14.8 Å². The molecule has 0 unspecified atom stereocenters. The van der Waals surface area contributed by atoms with E-state index in [2.05, 4.69) is 41.6 Å². The minimum absolute atomic E-state index is 0.121. The summed E-state index contributed by atoms with van der Waals surface area (Å²) < 4.78 is 18.9. The summed E-state index contributed by atoms with van der Waals surface area (Å²) in [7, 11) is 3.20. The fourth-order valence-corrected chi connectivity index (χ4v) is 5.07. The van der Waals surface area contributed by atoms with Gasteiger partial charge in [0.05, 0.1) is 19.8 Å². The molecule has 2 aliphatic rings. The predicted molar refractivity (Wildman–Crippen MR) is 123 cm³/mol. The first-order chi connectivity index (χ1) is 15.8. The average Bonchev–Trinajstić information content (AvgIpc) is 3.25. The van der Waals surface area contributed by atoms with Crippen LogP contribution in [-0.4, -0.2) is 46.5 Å². The number of benzene rings is 1. The minimum atomic E-state index is -0.618. The highest BCUT2D eigenvalue weighted by molar-refractivity contribution is 5.92. The fraction of sp³-hybridized carbons (Fsp3) is 0.583. The molecule has 1 aromatic heterocycles. The molecule has 0 amide bonds. The fourth-order valence-electron chi connectivity index (χ4n) is 5.07. The van der Waals surface area contributed by atoms with Crippen molar-refractivity contribution in [2.75, 3.05) is 19.5 Å². The Balaban J connectivity index is 1.75. The Bertz CT molecular complexity index is 1050. The van der Waals surface area contributed by atoms with E-state index >= 15 is 0 Å². The van der Waals surface area contributed by atoms with Gasteiger partial charge in [0.2, 0.25) is 5.95 Å². The summed E-state index contributed by atoms with van der Waals surface area (Å²) in [4.78, 5) is 13.7. The molecule has 0 spiro atoms. The Morgan fingerprint density at radius 3 is 2.70 bits per heavy atom.